The first kappa shape index (κ1) is 25.6. The summed E-state index contributed by atoms with van der Waals surface area (Å²) in [7, 11) is 0. The van der Waals surface area contributed by atoms with Crippen LogP contribution in [0.3, 0.4) is 0 Å². The van der Waals surface area contributed by atoms with Crippen LogP contribution in [0.25, 0.3) is 11.1 Å². The molecule has 1 aliphatic rings. The van der Waals surface area contributed by atoms with Crippen LogP contribution >= 0.6 is 11.8 Å². The standard InChI is InChI=1S/C26H32N2O5S/c1-34-16-14-23(25(31)27-15-8-2-3-13-24(29)30)28-26(32)33-17-22-20-11-6-4-9-18(20)19-10-5-7-12-21(19)22/h4-7,9-12,22-23H,2-3,8,13-17H2,1H3,(H,27,31)(H,28,32)(H,29,30)/t23-/m0/s1. The Morgan fingerprint density at radius 3 is 2.26 bits per heavy atom. The smallest absolute Gasteiger partial charge is 0.407 e. The number of benzene rings is 2. The largest absolute Gasteiger partial charge is 0.481 e. The van der Waals surface area contributed by atoms with Crippen LogP contribution in [-0.4, -0.2) is 54.3 Å². The van der Waals surface area contributed by atoms with Crippen molar-refractivity contribution in [1.82, 2.24) is 10.6 Å². The minimum absolute atomic E-state index is 0.0394. The van der Waals surface area contributed by atoms with Crippen molar-refractivity contribution < 1.29 is 24.2 Å². The molecule has 2 amide bonds. The molecule has 0 saturated carbocycles. The highest BCUT2D eigenvalue weighted by Crippen LogP contribution is 2.44. The first-order valence-corrected chi connectivity index (χ1v) is 13.0. The fraction of sp³-hybridized carbons (Fsp3) is 0.423. The van der Waals surface area contributed by atoms with Crippen molar-refractivity contribution in [1.29, 1.82) is 0 Å². The molecule has 7 nitrogen and oxygen atoms in total. The Labute approximate surface area is 204 Å². The van der Waals surface area contributed by atoms with E-state index in [9.17, 15) is 14.4 Å². The van der Waals surface area contributed by atoms with Gasteiger partial charge < -0.3 is 20.5 Å². The van der Waals surface area contributed by atoms with Gasteiger partial charge in [-0.05, 0) is 53.5 Å². The average molecular weight is 485 g/mol. The fourth-order valence-electron chi connectivity index (χ4n) is 4.20. The third-order valence-corrected chi connectivity index (χ3v) is 6.57. The van der Waals surface area contributed by atoms with E-state index in [1.165, 1.54) is 0 Å². The van der Waals surface area contributed by atoms with Gasteiger partial charge in [0.1, 0.15) is 12.6 Å². The van der Waals surface area contributed by atoms with Gasteiger partial charge in [-0.25, -0.2) is 4.79 Å². The van der Waals surface area contributed by atoms with Crippen LogP contribution in [0.5, 0.6) is 0 Å². The number of hydrogen-bond donors (Lipinski definition) is 3. The Kier molecular flexibility index (Phi) is 9.82. The zero-order chi connectivity index (χ0) is 24.3. The SMILES string of the molecule is CSCC[C@H](NC(=O)OCC1c2ccccc2-c2ccccc21)C(=O)NCCCCCC(=O)O. The van der Waals surface area contributed by atoms with Crippen molar-refractivity contribution in [2.24, 2.45) is 0 Å². The third-order valence-electron chi connectivity index (χ3n) is 5.93. The summed E-state index contributed by atoms with van der Waals surface area (Å²) < 4.78 is 5.59. The summed E-state index contributed by atoms with van der Waals surface area (Å²) in [5, 5.41) is 14.3. The molecule has 0 bridgehead atoms. The van der Waals surface area contributed by atoms with Gasteiger partial charge in [0.25, 0.3) is 0 Å². The molecule has 3 N–H and O–H groups in total. The number of rotatable bonds is 13. The number of carbonyl (C=O) groups is 3. The van der Waals surface area contributed by atoms with Gasteiger partial charge in [0, 0.05) is 18.9 Å². The number of carboxylic acids is 1. The van der Waals surface area contributed by atoms with Crippen LogP contribution in [0.1, 0.15) is 49.1 Å². The predicted octanol–water partition coefficient (Wildman–Crippen LogP) is 4.41. The minimum Gasteiger partial charge on any atom is -0.481 e. The highest BCUT2D eigenvalue weighted by molar-refractivity contribution is 7.98. The summed E-state index contributed by atoms with van der Waals surface area (Å²) in [4.78, 5) is 35.8. The lowest BCUT2D eigenvalue weighted by atomic mass is 9.98. The molecule has 1 aliphatic carbocycles. The number of unbranched alkanes of at least 4 members (excludes halogenated alkanes) is 2. The van der Waals surface area contributed by atoms with Gasteiger partial charge >= 0.3 is 12.1 Å². The zero-order valence-corrected chi connectivity index (χ0v) is 20.2. The van der Waals surface area contributed by atoms with Crippen molar-refractivity contribution in [3.8, 4) is 11.1 Å². The second-order valence-electron chi connectivity index (χ2n) is 8.30. The summed E-state index contributed by atoms with van der Waals surface area (Å²) in [6.07, 6.45) is 3.97. The second kappa shape index (κ2) is 13.0. The monoisotopic (exact) mass is 484 g/mol. The van der Waals surface area contributed by atoms with E-state index in [-0.39, 0.29) is 24.9 Å². The van der Waals surface area contributed by atoms with Gasteiger partial charge in [0.05, 0.1) is 0 Å². The van der Waals surface area contributed by atoms with E-state index in [1.54, 1.807) is 11.8 Å². The van der Waals surface area contributed by atoms with E-state index in [2.05, 4.69) is 34.9 Å². The molecule has 0 radical (unpaired) electrons. The molecule has 0 aromatic heterocycles. The molecule has 182 valence electrons. The molecule has 0 saturated heterocycles. The van der Waals surface area contributed by atoms with E-state index < -0.39 is 18.1 Å². The highest BCUT2D eigenvalue weighted by Gasteiger charge is 2.29. The van der Waals surface area contributed by atoms with E-state index in [0.717, 1.165) is 34.4 Å². The maximum atomic E-state index is 12.6. The molecule has 8 heteroatoms. The minimum atomic E-state index is -0.812. The van der Waals surface area contributed by atoms with Crippen LogP contribution in [-0.2, 0) is 14.3 Å². The average Bonchev–Trinajstić information content (AvgIpc) is 3.16. The number of aliphatic carboxylic acids is 1. The first-order chi connectivity index (χ1) is 16.5. The maximum absolute atomic E-state index is 12.6. The van der Waals surface area contributed by atoms with Crippen LogP contribution in [0.2, 0.25) is 0 Å². The normalized spacial score (nSPS) is 13.0. The number of carboxylic acid groups (broad SMARTS) is 1. The highest BCUT2D eigenvalue weighted by atomic mass is 32.2. The Morgan fingerprint density at radius 1 is 1.00 bits per heavy atom. The van der Waals surface area contributed by atoms with Crippen molar-refractivity contribution in [2.75, 3.05) is 25.2 Å². The summed E-state index contributed by atoms with van der Waals surface area (Å²) in [6, 6.07) is 15.6. The molecule has 0 aliphatic heterocycles. The fourth-order valence-corrected chi connectivity index (χ4v) is 4.67. The molecule has 0 unspecified atom stereocenters. The Bertz CT molecular complexity index is 951. The van der Waals surface area contributed by atoms with Crippen LogP contribution in [0.15, 0.2) is 48.5 Å². The van der Waals surface area contributed by atoms with Crippen molar-refractivity contribution >= 4 is 29.7 Å². The molecule has 1 atom stereocenters. The van der Waals surface area contributed by atoms with Gasteiger partial charge in [-0.1, -0.05) is 55.0 Å². The number of amides is 2. The van der Waals surface area contributed by atoms with E-state index in [4.69, 9.17) is 9.84 Å². The first-order valence-electron chi connectivity index (χ1n) is 11.6. The quantitative estimate of drug-likeness (QED) is 0.364. The predicted molar refractivity (Wildman–Crippen MR) is 134 cm³/mol. The molecule has 0 heterocycles. The number of hydrogen-bond acceptors (Lipinski definition) is 5. The number of ether oxygens (including phenoxy) is 1. The van der Waals surface area contributed by atoms with Gasteiger partial charge in [0.2, 0.25) is 5.91 Å². The van der Waals surface area contributed by atoms with Gasteiger partial charge in [0.15, 0.2) is 0 Å². The van der Waals surface area contributed by atoms with Crippen LogP contribution < -0.4 is 10.6 Å². The number of fused-ring (bicyclic) bond motifs is 3. The number of nitrogens with one attached hydrogen (secondary N) is 2. The van der Waals surface area contributed by atoms with Crippen molar-refractivity contribution in [2.45, 2.75) is 44.1 Å². The summed E-state index contributed by atoms with van der Waals surface area (Å²) in [5.41, 5.74) is 4.59. The summed E-state index contributed by atoms with van der Waals surface area (Å²) in [6.45, 7) is 0.640. The van der Waals surface area contributed by atoms with Crippen molar-refractivity contribution in [3.63, 3.8) is 0 Å². The molecule has 0 fully saturated rings. The van der Waals surface area contributed by atoms with E-state index in [1.807, 2.05) is 30.5 Å². The second-order valence-corrected chi connectivity index (χ2v) is 9.28. The molecule has 2 aromatic rings. The molecular weight excluding hydrogens is 452 g/mol. The number of thioether (sulfide) groups is 1. The van der Waals surface area contributed by atoms with Gasteiger partial charge in [-0.15, -0.1) is 0 Å². The van der Waals surface area contributed by atoms with E-state index in [0.29, 0.717) is 25.8 Å². The summed E-state index contributed by atoms with van der Waals surface area (Å²) in [5.74, 6) is -0.378. The number of alkyl carbamates (subject to hydrolysis) is 1. The number of carbonyl (C=O) groups excluding carboxylic acids is 2. The maximum Gasteiger partial charge on any atom is 0.407 e. The van der Waals surface area contributed by atoms with Crippen LogP contribution in [0.4, 0.5) is 4.79 Å². The topological polar surface area (TPSA) is 105 Å². The van der Waals surface area contributed by atoms with E-state index >= 15 is 0 Å². The zero-order valence-electron chi connectivity index (χ0n) is 19.4. The van der Waals surface area contributed by atoms with Crippen LogP contribution in [0, 0.1) is 0 Å². The molecule has 0 spiro atoms. The Hall–Kier alpha value is -3.00. The summed E-state index contributed by atoms with van der Waals surface area (Å²) >= 11 is 1.60. The Balaban J connectivity index is 1.52. The van der Waals surface area contributed by atoms with Crippen molar-refractivity contribution in [3.05, 3.63) is 59.7 Å². The molecular formula is C26H32N2O5S. The Morgan fingerprint density at radius 2 is 1.65 bits per heavy atom. The molecule has 3 rings (SSSR count). The lowest BCUT2D eigenvalue weighted by molar-refractivity contribution is -0.137. The molecule has 34 heavy (non-hydrogen) atoms. The lowest BCUT2D eigenvalue weighted by Gasteiger charge is -2.19. The van der Waals surface area contributed by atoms with Gasteiger partial charge in [-0.2, -0.15) is 11.8 Å². The van der Waals surface area contributed by atoms with Gasteiger partial charge in [-0.3, -0.25) is 9.59 Å². The molecule has 2 aromatic carbocycles. The lowest BCUT2D eigenvalue weighted by Crippen LogP contribution is -2.47. The third kappa shape index (κ3) is 7.00.